The third-order valence-electron chi connectivity index (χ3n) is 2.41. The lowest BCUT2D eigenvalue weighted by Gasteiger charge is -2.12. The third kappa shape index (κ3) is 2.82. The molecule has 0 spiro atoms. The summed E-state index contributed by atoms with van der Waals surface area (Å²) in [4.78, 5) is 0. The van der Waals surface area contributed by atoms with Crippen molar-refractivity contribution in [1.82, 2.24) is 15.1 Å². The third-order valence-corrected chi connectivity index (χ3v) is 3.02. The van der Waals surface area contributed by atoms with Crippen LogP contribution in [0.4, 0.5) is 0 Å². The van der Waals surface area contributed by atoms with Crippen molar-refractivity contribution >= 4 is 15.9 Å². The van der Waals surface area contributed by atoms with Crippen LogP contribution in [0.25, 0.3) is 0 Å². The van der Waals surface area contributed by atoms with Crippen LogP contribution in [0.3, 0.4) is 0 Å². The maximum atomic E-state index is 4.21. The number of nitrogens with one attached hydrogen (secondary N) is 1. The van der Waals surface area contributed by atoms with Gasteiger partial charge in [0.2, 0.25) is 0 Å². The zero-order chi connectivity index (χ0) is 10.6. The van der Waals surface area contributed by atoms with E-state index >= 15 is 0 Å². The summed E-state index contributed by atoms with van der Waals surface area (Å²) in [6.07, 6.45) is 3.01. The van der Waals surface area contributed by atoms with E-state index in [1.807, 2.05) is 17.9 Å². The van der Waals surface area contributed by atoms with Gasteiger partial charge >= 0.3 is 0 Å². The standard InChI is InChI=1S/C10H18BrN3/c1-4-12-6-5-8(2)10-9(11)7-13-14(10)3/h7-8,12H,4-6H2,1-3H3. The Balaban J connectivity index is 2.55. The summed E-state index contributed by atoms with van der Waals surface area (Å²) in [5.41, 5.74) is 1.28. The first-order valence-corrected chi connectivity index (χ1v) is 5.84. The van der Waals surface area contributed by atoms with Crippen molar-refractivity contribution in [3.63, 3.8) is 0 Å². The minimum Gasteiger partial charge on any atom is -0.317 e. The molecule has 1 N–H and O–H groups in total. The lowest BCUT2D eigenvalue weighted by molar-refractivity contribution is 0.566. The molecule has 0 fully saturated rings. The second-order valence-electron chi connectivity index (χ2n) is 3.54. The molecule has 0 aliphatic rings. The molecule has 14 heavy (non-hydrogen) atoms. The molecule has 1 rings (SSSR count). The topological polar surface area (TPSA) is 29.9 Å². The number of hydrogen-bond donors (Lipinski definition) is 1. The average molecular weight is 260 g/mol. The van der Waals surface area contributed by atoms with Crippen LogP contribution in [0.2, 0.25) is 0 Å². The van der Waals surface area contributed by atoms with Crippen LogP contribution in [-0.2, 0) is 7.05 Å². The Kier molecular flexibility index (Phi) is 4.62. The summed E-state index contributed by atoms with van der Waals surface area (Å²) in [7, 11) is 1.99. The highest BCUT2D eigenvalue weighted by Gasteiger charge is 2.13. The van der Waals surface area contributed by atoms with Gasteiger partial charge in [-0.2, -0.15) is 5.10 Å². The normalized spacial score (nSPS) is 13.1. The second-order valence-corrected chi connectivity index (χ2v) is 4.40. The maximum Gasteiger partial charge on any atom is 0.0635 e. The quantitative estimate of drug-likeness (QED) is 0.823. The zero-order valence-electron chi connectivity index (χ0n) is 9.05. The molecule has 4 heteroatoms. The number of rotatable bonds is 5. The summed E-state index contributed by atoms with van der Waals surface area (Å²) >= 11 is 3.52. The first-order chi connectivity index (χ1) is 6.66. The van der Waals surface area contributed by atoms with Gasteiger partial charge in [0.15, 0.2) is 0 Å². The largest absolute Gasteiger partial charge is 0.317 e. The van der Waals surface area contributed by atoms with Gasteiger partial charge in [-0.3, -0.25) is 4.68 Å². The number of aryl methyl sites for hydroxylation is 1. The van der Waals surface area contributed by atoms with Crippen LogP contribution < -0.4 is 5.32 Å². The molecule has 0 bridgehead atoms. The number of aromatic nitrogens is 2. The van der Waals surface area contributed by atoms with E-state index in [0.29, 0.717) is 5.92 Å². The Hall–Kier alpha value is -0.350. The van der Waals surface area contributed by atoms with Crippen molar-refractivity contribution in [2.45, 2.75) is 26.2 Å². The Morgan fingerprint density at radius 1 is 1.64 bits per heavy atom. The van der Waals surface area contributed by atoms with Crippen LogP contribution >= 0.6 is 15.9 Å². The van der Waals surface area contributed by atoms with E-state index in [-0.39, 0.29) is 0 Å². The van der Waals surface area contributed by atoms with Gasteiger partial charge in [0.05, 0.1) is 16.4 Å². The lowest BCUT2D eigenvalue weighted by Crippen LogP contribution is -2.17. The van der Waals surface area contributed by atoms with Gasteiger partial charge in [-0.05, 0) is 35.4 Å². The fourth-order valence-corrected chi connectivity index (χ4v) is 2.35. The molecule has 0 aliphatic heterocycles. The fourth-order valence-electron chi connectivity index (χ4n) is 1.61. The fraction of sp³-hybridized carbons (Fsp3) is 0.700. The maximum absolute atomic E-state index is 4.21. The van der Waals surface area contributed by atoms with Crippen molar-refractivity contribution in [3.05, 3.63) is 16.4 Å². The van der Waals surface area contributed by atoms with Crippen LogP contribution in [-0.4, -0.2) is 22.9 Å². The van der Waals surface area contributed by atoms with Crippen LogP contribution in [0, 0.1) is 0 Å². The molecule has 0 aromatic carbocycles. The molecule has 1 unspecified atom stereocenters. The monoisotopic (exact) mass is 259 g/mol. The van der Waals surface area contributed by atoms with Gasteiger partial charge in [-0.15, -0.1) is 0 Å². The highest BCUT2D eigenvalue weighted by atomic mass is 79.9. The van der Waals surface area contributed by atoms with Crippen molar-refractivity contribution in [2.24, 2.45) is 7.05 Å². The molecule has 1 atom stereocenters. The molecule has 1 aromatic heterocycles. The Labute approximate surface area is 94.0 Å². The first kappa shape index (κ1) is 11.7. The summed E-state index contributed by atoms with van der Waals surface area (Å²) in [6.45, 7) is 6.47. The van der Waals surface area contributed by atoms with Crippen molar-refractivity contribution in [1.29, 1.82) is 0 Å². The van der Waals surface area contributed by atoms with Gasteiger partial charge < -0.3 is 5.32 Å². The van der Waals surface area contributed by atoms with E-state index in [2.05, 4.69) is 40.2 Å². The minimum atomic E-state index is 0.538. The highest BCUT2D eigenvalue weighted by molar-refractivity contribution is 9.10. The van der Waals surface area contributed by atoms with Gasteiger partial charge in [0.1, 0.15) is 0 Å². The van der Waals surface area contributed by atoms with E-state index in [1.54, 1.807) is 0 Å². The molecular weight excluding hydrogens is 242 g/mol. The predicted molar refractivity (Wildman–Crippen MR) is 62.5 cm³/mol. The second kappa shape index (κ2) is 5.51. The summed E-state index contributed by atoms with van der Waals surface area (Å²) in [5, 5.41) is 7.55. The van der Waals surface area contributed by atoms with E-state index in [1.165, 1.54) is 5.69 Å². The minimum absolute atomic E-state index is 0.538. The zero-order valence-corrected chi connectivity index (χ0v) is 10.6. The number of hydrogen-bond acceptors (Lipinski definition) is 2. The smallest absolute Gasteiger partial charge is 0.0635 e. The van der Waals surface area contributed by atoms with Crippen LogP contribution in [0.1, 0.15) is 31.9 Å². The SMILES string of the molecule is CCNCCC(C)c1c(Br)cnn1C. The molecule has 0 aliphatic carbocycles. The molecule has 1 aromatic rings. The van der Waals surface area contributed by atoms with E-state index in [9.17, 15) is 0 Å². The van der Waals surface area contributed by atoms with E-state index in [4.69, 9.17) is 0 Å². The van der Waals surface area contributed by atoms with Gasteiger partial charge in [-0.25, -0.2) is 0 Å². The van der Waals surface area contributed by atoms with Crippen molar-refractivity contribution in [3.8, 4) is 0 Å². The molecule has 0 amide bonds. The van der Waals surface area contributed by atoms with Gasteiger partial charge in [0, 0.05) is 13.0 Å². The predicted octanol–water partition coefficient (Wildman–Crippen LogP) is 2.29. The molecule has 0 saturated carbocycles. The van der Waals surface area contributed by atoms with Crippen LogP contribution in [0.5, 0.6) is 0 Å². The Morgan fingerprint density at radius 3 is 2.86 bits per heavy atom. The summed E-state index contributed by atoms with van der Waals surface area (Å²) in [5.74, 6) is 0.538. The number of nitrogens with zero attached hydrogens (tertiary/aromatic N) is 2. The lowest BCUT2D eigenvalue weighted by atomic mass is 10.0. The van der Waals surface area contributed by atoms with Gasteiger partial charge in [0.25, 0.3) is 0 Å². The molecule has 0 radical (unpaired) electrons. The van der Waals surface area contributed by atoms with Crippen molar-refractivity contribution in [2.75, 3.05) is 13.1 Å². The van der Waals surface area contributed by atoms with Crippen molar-refractivity contribution < 1.29 is 0 Å². The first-order valence-electron chi connectivity index (χ1n) is 5.05. The molecule has 0 saturated heterocycles. The Morgan fingerprint density at radius 2 is 2.36 bits per heavy atom. The molecule has 1 heterocycles. The molecule has 3 nitrogen and oxygen atoms in total. The summed E-state index contributed by atoms with van der Waals surface area (Å²) in [6, 6.07) is 0. The highest BCUT2D eigenvalue weighted by Crippen LogP contribution is 2.25. The molecule has 80 valence electrons. The van der Waals surface area contributed by atoms with E-state index < -0.39 is 0 Å². The molecular formula is C10H18BrN3. The van der Waals surface area contributed by atoms with Crippen LogP contribution in [0.15, 0.2) is 10.7 Å². The average Bonchev–Trinajstić information content (AvgIpc) is 2.46. The number of halogens is 1. The Bertz CT molecular complexity index is 263. The van der Waals surface area contributed by atoms with Gasteiger partial charge in [-0.1, -0.05) is 13.8 Å². The summed E-state index contributed by atoms with van der Waals surface area (Å²) < 4.78 is 3.06. The van der Waals surface area contributed by atoms with E-state index in [0.717, 1.165) is 24.0 Å².